The number of carbonyl (C=O) groups excluding carboxylic acids is 2. The van der Waals surface area contributed by atoms with Gasteiger partial charge in [-0.2, -0.15) is 13.2 Å². The number of amides is 2. The van der Waals surface area contributed by atoms with Gasteiger partial charge in [-0.05, 0) is 117 Å². The summed E-state index contributed by atoms with van der Waals surface area (Å²) in [6.07, 6.45) is -4.60. The van der Waals surface area contributed by atoms with Gasteiger partial charge in [0.15, 0.2) is 0 Å². The lowest BCUT2D eigenvalue weighted by Gasteiger charge is -2.25. The minimum atomic E-state index is -4.88. The van der Waals surface area contributed by atoms with Crippen LogP contribution in [0.2, 0.25) is 5.02 Å². The van der Waals surface area contributed by atoms with Crippen molar-refractivity contribution in [3.8, 4) is 11.1 Å². The molecule has 2 aromatic carbocycles. The average molecular weight is 779 g/mol. The van der Waals surface area contributed by atoms with Gasteiger partial charge in [0.1, 0.15) is 23.1 Å². The first kappa shape index (κ1) is 42.5. The van der Waals surface area contributed by atoms with Gasteiger partial charge in [0.2, 0.25) is 5.91 Å². The van der Waals surface area contributed by atoms with Gasteiger partial charge in [-0.25, -0.2) is 4.39 Å². The predicted octanol–water partition coefficient (Wildman–Crippen LogP) is 6.84. The van der Waals surface area contributed by atoms with E-state index >= 15 is 4.39 Å². The van der Waals surface area contributed by atoms with Gasteiger partial charge in [-0.15, -0.1) is 0 Å². The second-order valence-electron chi connectivity index (χ2n) is 14.2. The number of nitrogens with zero attached hydrogens (tertiary/aromatic N) is 2. The molecule has 1 aliphatic heterocycles. The Morgan fingerprint density at radius 1 is 0.963 bits per heavy atom. The third-order valence-electron chi connectivity index (χ3n) is 9.35. The van der Waals surface area contributed by atoms with Gasteiger partial charge in [-0.1, -0.05) is 25.4 Å². The van der Waals surface area contributed by atoms with E-state index in [0.29, 0.717) is 54.1 Å². The van der Waals surface area contributed by atoms with E-state index in [4.69, 9.17) is 16.3 Å². The number of hydrogen-bond donors (Lipinski definition) is 3. The van der Waals surface area contributed by atoms with E-state index in [9.17, 15) is 37.5 Å². The Hall–Kier alpha value is -4.27. The number of aromatic nitrogens is 1. The molecule has 15 heteroatoms. The van der Waals surface area contributed by atoms with Crippen LogP contribution in [-0.2, 0) is 27.0 Å². The highest BCUT2D eigenvalue weighted by Gasteiger charge is 2.36. The number of nitrogens with one attached hydrogen (secondary N) is 2. The fraction of sp³-hybridized carbons (Fsp3) is 0.487. The molecular weight excluding hydrogens is 732 g/mol. The molecule has 294 valence electrons. The Bertz CT molecular complexity index is 1880. The van der Waals surface area contributed by atoms with Crippen LogP contribution in [0.4, 0.5) is 17.6 Å². The quantitative estimate of drug-likeness (QED) is 0.153. The summed E-state index contributed by atoms with van der Waals surface area (Å²) >= 11 is 6.22. The number of rotatable bonds is 14. The second kappa shape index (κ2) is 18.4. The standard InChI is InChI=1S/C39H47ClF4N4O6/c1-22(2)16-31(46-36(51)28-8-9-32(39(42,43)44)48(38(28)53)12-6-10-47-11-7-14-54-15-13-47)37(52)45-30(21-33(49)50)29-20-26(17-25(5)35(29)41)34-23(3)18-27(40)19-24(34)4/h8-9,17-20,22,30-31H,6-7,10-16,21H2,1-5H3,(H,45,52)(H,46,51)(H,49,50)/t30-,31-/m0/s1. The molecule has 0 radical (unpaired) electrons. The summed E-state index contributed by atoms with van der Waals surface area (Å²) in [5.41, 5.74) is 0.0537. The Morgan fingerprint density at radius 3 is 2.28 bits per heavy atom. The van der Waals surface area contributed by atoms with E-state index in [1.54, 1.807) is 32.0 Å². The molecule has 3 aromatic rings. The lowest BCUT2D eigenvalue weighted by atomic mass is 9.90. The van der Waals surface area contributed by atoms with Crippen molar-refractivity contribution in [2.75, 3.05) is 32.8 Å². The van der Waals surface area contributed by atoms with Gasteiger partial charge in [0.25, 0.3) is 11.5 Å². The van der Waals surface area contributed by atoms with E-state index in [2.05, 4.69) is 10.6 Å². The maximum atomic E-state index is 15.8. The number of carboxylic acid groups (broad SMARTS) is 1. The number of halogens is 5. The Labute approximate surface area is 316 Å². The monoisotopic (exact) mass is 778 g/mol. The van der Waals surface area contributed by atoms with Crippen LogP contribution in [0.1, 0.15) is 83.9 Å². The lowest BCUT2D eigenvalue weighted by molar-refractivity contribution is -0.144. The molecule has 2 atom stereocenters. The Morgan fingerprint density at radius 2 is 1.65 bits per heavy atom. The summed E-state index contributed by atoms with van der Waals surface area (Å²) in [6.45, 7) is 11.2. The molecule has 2 heterocycles. The van der Waals surface area contributed by atoms with Gasteiger partial charge < -0.3 is 29.9 Å². The fourth-order valence-corrected chi connectivity index (χ4v) is 7.21. The summed E-state index contributed by atoms with van der Waals surface area (Å²) in [7, 11) is 0. The minimum Gasteiger partial charge on any atom is -0.481 e. The molecule has 1 saturated heterocycles. The van der Waals surface area contributed by atoms with Crippen LogP contribution in [0.25, 0.3) is 11.1 Å². The van der Waals surface area contributed by atoms with Gasteiger partial charge in [-0.3, -0.25) is 19.2 Å². The van der Waals surface area contributed by atoms with Gasteiger partial charge in [0.05, 0.1) is 19.1 Å². The molecule has 0 saturated carbocycles. The lowest BCUT2D eigenvalue weighted by Crippen LogP contribution is -2.49. The van der Waals surface area contributed by atoms with E-state index in [-0.39, 0.29) is 36.4 Å². The number of carboxylic acids is 1. The third kappa shape index (κ3) is 10.9. The van der Waals surface area contributed by atoms with Gasteiger partial charge in [0, 0.05) is 36.8 Å². The van der Waals surface area contributed by atoms with Crippen LogP contribution in [0.5, 0.6) is 0 Å². The normalized spacial score (nSPS) is 15.1. The van der Waals surface area contributed by atoms with Crippen LogP contribution in [0, 0.1) is 32.5 Å². The Kier molecular flexibility index (Phi) is 14.5. The molecule has 0 unspecified atom stereocenters. The summed E-state index contributed by atoms with van der Waals surface area (Å²) in [6, 6.07) is 5.29. The van der Waals surface area contributed by atoms with Crippen LogP contribution >= 0.6 is 11.6 Å². The van der Waals surface area contributed by atoms with Crippen molar-refractivity contribution in [3.63, 3.8) is 0 Å². The SMILES string of the molecule is Cc1cc(-c2c(C)cc(Cl)cc2C)cc([C@H](CC(=O)O)NC(=O)[C@H](CC(C)C)NC(=O)c2ccc(C(F)(F)F)n(CCCN3CCCOCC3)c2=O)c1F. The summed E-state index contributed by atoms with van der Waals surface area (Å²) in [4.78, 5) is 55.0. The summed E-state index contributed by atoms with van der Waals surface area (Å²) in [5.74, 6) is -4.22. The second-order valence-corrected chi connectivity index (χ2v) is 14.6. The first-order valence-corrected chi connectivity index (χ1v) is 18.3. The molecule has 0 bridgehead atoms. The average Bonchev–Trinajstić information content (AvgIpc) is 3.33. The van der Waals surface area contributed by atoms with Crippen molar-refractivity contribution in [3.05, 3.63) is 91.1 Å². The highest BCUT2D eigenvalue weighted by atomic mass is 35.5. The molecule has 0 aliphatic carbocycles. The van der Waals surface area contributed by atoms with Crippen molar-refractivity contribution < 1.29 is 41.8 Å². The largest absolute Gasteiger partial charge is 0.481 e. The third-order valence-corrected chi connectivity index (χ3v) is 9.57. The Balaban J connectivity index is 1.63. The zero-order valence-electron chi connectivity index (χ0n) is 31.0. The van der Waals surface area contributed by atoms with Crippen LogP contribution in [0.15, 0.2) is 41.2 Å². The van der Waals surface area contributed by atoms with Crippen molar-refractivity contribution in [2.45, 2.75) is 85.1 Å². The van der Waals surface area contributed by atoms with Crippen molar-refractivity contribution in [1.82, 2.24) is 20.1 Å². The number of aryl methyl sites for hydroxylation is 3. The van der Waals surface area contributed by atoms with Crippen molar-refractivity contribution in [1.29, 1.82) is 0 Å². The topological polar surface area (TPSA) is 130 Å². The summed E-state index contributed by atoms with van der Waals surface area (Å²) < 4.78 is 63.8. The number of carbonyl (C=O) groups is 3. The molecule has 1 aromatic heterocycles. The first-order chi connectivity index (χ1) is 25.4. The highest BCUT2D eigenvalue weighted by Crippen LogP contribution is 2.35. The van der Waals surface area contributed by atoms with Crippen LogP contribution < -0.4 is 16.2 Å². The van der Waals surface area contributed by atoms with Crippen molar-refractivity contribution in [2.24, 2.45) is 5.92 Å². The molecule has 1 aliphatic rings. The zero-order valence-corrected chi connectivity index (χ0v) is 31.8. The number of aliphatic carboxylic acids is 1. The molecule has 3 N–H and O–H groups in total. The molecule has 10 nitrogen and oxygen atoms in total. The fourth-order valence-electron chi connectivity index (χ4n) is 6.88. The van der Waals surface area contributed by atoms with E-state index in [1.807, 2.05) is 18.7 Å². The van der Waals surface area contributed by atoms with E-state index in [0.717, 1.165) is 29.2 Å². The molecule has 4 rings (SSSR count). The first-order valence-electron chi connectivity index (χ1n) is 17.9. The number of pyridine rings is 1. The molecule has 1 fully saturated rings. The van der Waals surface area contributed by atoms with E-state index in [1.165, 1.54) is 13.0 Å². The molecular formula is C39H47ClF4N4O6. The van der Waals surface area contributed by atoms with Crippen LogP contribution in [-0.4, -0.2) is 71.2 Å². The van der Waals surface area contributed by atoms with Crippen LogP contribution in [0.3, 0.4) is 0 Å². The molecule has 54 heavy (non-hydrogen) atoms. The van der Waals surface area contributed by atoms with Gasteiger partial charge >= 0.3 is 12.1 Å². The summed E-state index contributed by atoms with van der Waals surface area (Å²) in [5, 5.41) is 15.4. The zero-order chi connectivity index (χ0) is 39.9. The number of ether oxygens (including phenoxy) is 1. The highest BCUT2D eigenvalue weighted by molar-refractivity contribution is 6.30. The maximum Gasteiger partial charge on any atom is 0.431 e. The predicted molar refractivity (Wildman–Crippen MR) is 197 cm³/mol. The maximum absolute atomic E-state index is 15.8. The number of benzene rings is 2. The van der Waals surface area contributed by atoms with Crippen molar-refractivity contribution >= 4 is 29.4 Å². The van der Waals surface area contributed by atoms with E-state index < -0.39 is 65.1 Å². The number of hydrogen-bond acceptors (Lipinski definition) is 6. The smallest absolute Gasteiger partial charge is 0.431 e. The number of alkyl halides is 3. The minimum absolute atomic E-state index is 0.0104. The molecule has 0 spiro atoms. The molecule has 2 amide bonds.